The summed E-state index contributed by atoms with van der Waals surface area (Å²) in [4.78, 5) is 45.5. The fourth-order valence-electron chi connectivity index (χ4n) is 4.83. The van der Waals surface area contributed by atoms with E-state index in [0.717, 1.165) is 0 Å². The van der Waals surface area contributed by atoms with Gasteiger partial charge in [-0.15, -0.1) is 0 Å². The molecule has 2 aromatic heterocycles. The number of nitrogens with one attached hydrogen (secondary N) is 2. The number of hydrogen-bond donors (Lipinski definition) is 3. The number of halogens is 3. The van der Waals surface area contributed by atoms with Crippen LogP contribution in [-0.4, -0.2) is 57.2 Å². The molecule has 1 saturated heterocycles. The Labute approximate surface area is 256 Å². The summed E-state index contributed by atoms with van der Waals surface area (Å²) in [5, 5.41) is 16.2. The molecule has 0 atom stereocenters. The van der Waals surface area contributed by atoms with Crippen LogP contribution in [0.4, 0.5) is 15.9 Å². The summed E-state index contributed by atoms with van der Waals surface area (Å²) >= 11 is 11.9. The van der Waals surface area contributed by atoms with Gasteiger partial charge in [0.15, 0.2) is 0 Å². The average Bonchev–Trinajstić information content (AvgIpc) is 3.00. The standard InChI is InChI=1S/C31H28Cl2FN5O4/c32-21-7-8-27(35-18-21)36-30(42)25-16-22(33)17-26(40)28(25)37-29(41)20-5-3-19(4-6-20)24-2-1-11-39(31(24)43)15-14-38-12-9-23(34)10-13-38/h1-8,11,16-18,23,40H,9-10,12-15H2,(H,37,41)(H,35,36,42). The molecule has 9 nitrogen and oxygen atoms in total. The lowest BCUT2D eigenvalue weighted by atomic mass is 10.0. The number of hydrogen-bond acceptors (Lipinski definition) is 6. The van der Waals surface area contributed by atoms with Crippen LogP contribution >= 0.6 is 23.2 Å². The van der Waals surface area contributed by atoms with Crippen molar-refractivity contribution in [2.45, 2.75) is 25.6 Å². The maximum absolute atomic E-state index is 13.4. The maximum atomic E-state index is 13.4. The predicted molar refractivity (Wildman–Crippen MR) is 165 cm³/mol. The molecule has 0 saturated carbocycles. The highest BCUT2D eigenvalue weighted by molar-refractivity contribution is 6.32. The number of phenols is 1. The number of carbonyl (C=O) groups excluding carboxylic acids is 2. The molecule has 3 heterocycles. The smallest absolute Gasteiger partial charge is 0.259 e. The average molecular weight is 625 g/mol. The van der Waals surface area contributed by atoms with Crippen LogP contribution in [0.1, 0.15) is 33.6 Å². The zero-order chi connectivity index (χ0) is 30.5. The van der Waals surface area contributed by atoms with Crippen LogP contribution in [-0.2, 0) is 6.54 Å². The largest absolute Gasteiger partial charge is 0.506 e. The van der Waals surface area contributed by atoms with Crippen LogP contribution in [0, 0.1) is 0 Å². The number of benzene rings is 2. The number of pyridine rings is 2. The highest BCUT2D eigenvalue weighted by atomic mass is 35.5. The van der Waals surface area contributed by atoms with E-state index in [1.807, 2.05) is 0 Å². The molecule has 2 amide bonds. The second-order valence-corrected chi connectivity index (χ2v) is 11.0. The quantitative estimate of drug-likeness (QED) is 0.212. The summed E-state index contributed by atoms with van der Waals surface area (Å²) in [6, 6.07) is 15.5. The Morgan fingerprint density at radius 2 is 1.70 bits per heavy atom. The van der Waals surface area contributed by atoms with Crippen molar-refractivity contribution in [2.75, 3.05) is 30.3 Å². The van der Waals surface area contributed by atoms with Crippen molar-refractivity contribution in [1.82, 2.24) is 14.5 Å². The number of piperidine rings is 1. The Morgan fingerprint density at radius 3 is 2.40 bits per heavy atom. The Bertz CT molecular complexity index is 1690. The minimum absolute atomic E-state index is 0.0781. The second-order valence-electron chi connectivity index (χ2n) is 10.1. The number of phenolic OH excluding ortho intramolecular Hbond substituents is 1. The number of nitrogens with zero attached hydrogens (tertiary/aromatic N) is 3. The van der Waals surface area contributed by atoms with Gasteiger partial charge in [0.2, 0.25) is 0 Å². The molecular formula is C31H28Cl2FN5O4. The third-order valence-corrected chi connectivity index (χ3v) is 7.63. The van der Waals surface area contributed by atoms with Crippen LogP contribution < -0.4 is 16.2 Å². The van der Waals surface area contributed by atoms with Gasteiger partial charge in [-0.1, -0.05) is 35.3 Å². The summed E-state index contributed by atoms with van der Waals surface area (Å²) < 4.78 is 15.1. The highest BCUT2D eigenvalue weighted by Crippen LogP contribution is 2.33. The van der Waals surface area contributed by atoms with E-state index in [1.165, 1.54) is 24.4 Å². The SMILES string of the molecule is O=C(Nc1c(O)cc(Cl)cc1C(=O)Nc1ccc(Cl)cn1)c1ccc(-c2cccn(CCN3CCC(F)CC3)c2=O)cc1. The normalized spacial score (nSPS) is 13.9. The van der Waals surface area contributed by atoms with Crippen LogP contribution in [0.3, 0.4) is 0 Å². The highest BCUT2D eigenvalue weighted by Gasteiger charge is 2.21. The first-order valence-electron chi connectivity index (χ1n) is 13.6. The third-order valence-electron chi connectivity index (χ3n) is 7.19. The number of anilines is 2. The number of amides is 2. The van der Waals surface area contributed by atoms with Crippen molar-refractivity contribution in [2.24, 2.45) is 0 Å². The van der Waals surface area contributed by atoms with Crippen molar-refractivity contribution in [3.8, 4) is 16.9 Å². The van der Waals surface area contributed by atoms with E-state index in [-0.39, 0.29) is 33.2 Å². The first kappa shape index (κ1) is 30.2. The molecule has 0 bridgehead atoms. The predicted octanol–water partition coefficient (Wildman–Crippen LogP) is 5.86. The lowest BCUT2D eigenvalue weighted by Crippen LogP contribution is -2.37. The van der Waals surface area contributed by atoms with Gasteiger partial charge >= 0.3 is 0 Å². The van der Waals surface area contributed by atoms with Gasteiger partial charge in [-0.25, -0.2) is 9.37 Å². The summed E-state index contributed by atoms with van der Waals surface area (Å²) in [7, 11) is 0. The molecular weight excluding hydrogens is 596 g/mol. The number of likely N-dealkylation sites (tertiary alicyclic amines) is 1. The van der Waals surface area contributed by atoms with E-state index in [9.17, 15) is 23.9 Å². The molecule has 1 fully saturated rings. The van der Waals surface area contributed by atoms with E-state index in [2.05, 4.69) is 20.5 Å². The van der Waals surface area contributed by atoms with Crippen molar-refractivity contribution < 1.29 is 19.1 Å². The maximum Gasteiger partial charge on any atom is 0.259 e. The molecule has 0 spiro atoms. The number of aromatic hydroxyl groups is 1. The number of rotatable bonds is 8. The Balaban J connectivity index is 1.30. The summed E-state index contributed by atoms with van der Waals surface area (Å²) in [5.74, 6) is -1.44. The van der Waals surface area contributed by atoms with Gasteiger partial charge in [-0.2, -0.15) is 0 Å². The van der Waals surface area contributed by atoms with Crippen molar-refractivity contribution in [3.05, 3.63) is 105 Å². The molecule has 43 heavy (non-hydrogen) atoms. The van der Waals surface area contributed by atoms with Gasteiger partial charge in [-0.05, 0) is 60.9 Å². The zero-order valence-electron chi connectivity index (χ0n) is 22.9. The molecule has 222 valence electrons. The Hall–Kier alpha value is -4.25. The fourth-order valence-corrected chi connectivity index (χ4v) is 5.15. The van der Waals surface area contributed by atoms with Gasteiger partial charge < -0.3 is 25.2 Å². The van der Waals surface area contributed by atoms with Crippen LogP contribution in [0.15, 0.2) is 77.9 Å². The van der Waals surface area contributed by atoms with Gasteiger partial charge in [0, 0.05) is 60.8 Å². The topological polar surface area (TPSA) is 117 Å². The van der Waals surface area contributed by atoms with Gasteiger partial charge in [0.25, 0.3) is 17.4 Å². The van der Waals surface area contributed by atoms with Gasteiger partial charge in [0.1, 0.15) is 17.7 Å². The summed E-state index contributed by atoms with van der Waals surface area (Å²) in [5.41, 5.74) is 0.951. The van der Waals surface area contributed by atoms with E-state index in [1.54, 1.807) is 53.2 Å². The van der Waals surface area contributed by atoms with Crippen LogP contribution in [0.5, 0.6) is 5.75 Å². The molecule has 0 radical (unpaired) electrons. The monoisotopic (exact) mass is 623 g/mol. The van der Waals surface area contributed by atoms with E-state index in [0.29, 0.717) is 55.2 Å². The van der Waals surface area contributed by atoms with Gasteiger partial charge in [0.05, 0.1) is 16.3 Å². The van der Waals surface area contributed by atoms with Crippen molar-refractivity contribution in [1.29, 1.82) is 0 Å². The fraction of sp³-hybridized carbons (Fsp3) is 0.226. The lowest BCUT2D eigenvalue weighted by Gasteiger charge is -2.28. The Kier molecular flexibility index (Phi) is 9.40. The molecule has 4 aromatic rings. The van der Waals surface area contributed by atoms with Crippen LogP contribution in [0.25, 0.3) is 11.1 Å². The lowest BCUT2D eigenvalue weighted by molar-refractivity contribution is 0.102. The molecule has 2 aromatic carbocycles. The van der Waals surface area contributed by atoms with E-state index < -0.39 is 23.7 Å². The molecule has 12 heteroatoms. The van der Waals surface area contributed by atoms with Crippen LogP contribution in [0.2, 0.25) is 10.0 Å². The van der Waals surface area contributed by atoms with E-state index >= 15 is 0 Å². The molecule has 3 N–H and O–H groups in total. The molecule has 1 aliphatic rings. The molecule has 0 aliphatic carbocycles. The first-order chi connectivity index (χ1) is 20.7. The zero-order valence-corrected chi connectivity index (χ0v) is 24.4. The minimum Gasteiger partial charge on any atom is -0.506 e. The minimum atomic E-state index is -0.747. The molecule has 1 aliphatic heterocycles. The van der Waals surface area contributed by atoms with Gasteiger partial charge in [-0.3, -0.25) is 14.4 Å². The third kappa shape index (κ3) is 7.40. The number of alkyl halides is 1. The first-order valence-corrected chi connectivity index (χ1v) is 14.4. The van der Waals surface area contributed by atoms with Crippen molar-refractivity contribution in [3.63, 3.8) is 0 Å². The molecule has 5 rings (SSSR count). The summed E-state index contributed by atoms with van der Waals surface area (Å²) in [6.45, 7) is 2.50. The van der Waals surface area contributed by atoms with Crippen molar-refractivity contribution >= 4 is 46.5 Å². The number of aromatic nitrogens is 2. The molecule has 0 unspecified atom stereocenters. The summed E-state index contributed by atoms with van der Waals surface area (Å²) in [6.07, 6.45) is 3.38. The number of carbonyl (C=O) groups is 2. The van der Waals surface area contributed by atoms with E-state index in [4.69, 9.17) is 23.2 Å². The Morgan fingerprint density at radius 1 is 0.953 bits per heavy atom. The second kappa shape index (κ2) is 13.4.